The number of hydrogen-bond acceptors (Lipinski definition) is 7. The van der Waals surface area contributed by atoms with E-state index in [2.05, 4.69) is 20.1 Å². The van der Waals surface area contributed by atoms with Crippen LogP contribution in [0.5, 0.6) is 0 Å². The van der Waals surface area contributed by atoms with Gasteiger partial charge in [0.2, 0.25) is 5.91 Å². The monoisotopic (exact) mass is 512 g/mol. The van der Waals surface area contributed by atoms with Crippen molar-refractivity contribution >= 4 is 65.6 Å². The first-order chi connectivity index (χ1) is 15.3. The Bertz CT molecular complexity index is 1210. The predicted octanol–water partition coefficient (Wildman–Crippen LogP) is 3.32. The minimum atomic E-state index is -3.69. The fourth-order valence-electron chi connectivity index (χ4n) is 3.50. The Kier molecular flexibility index (Phi) is 7.21. The molecule has 7 nitrogen and oxygen atoms in total. The summed E-state index contributed by atoms with van der Waals surface area (Å²) < 4.78 is 25.8. The SMILES string of the molecule is O=C(CS(=O)(=O)c1ccc(Cl)cc1)NCCN1CCN(c2nc3c(Cl)cccc3s2)CC1. The molecular weight excluding hydrogens is 491 g/mol. The van der Waals surface area contributed by atoms with Gasteiger partial charge in [-0.3, -0.25) is 9.69 Å². The molecule has 2 heterocycles. The minimum Gasteiger partial charge on any atom is -0.354 e. The summed E-state index contributed by atoms with van der Waals surface area (Å²) in [6.45, 7) is 4.38. The summed E-state index contributed by atoms with van der Waals surface area (Å²) in [7, 11) is -3.69. The van der Waals surface area contributed by atoms with Crippen molar-refractivity contribution in [3.05, 3.63) is 52.5 Å². The van der Waals surface area contributed by atoms with Crippen LogP contribution in [0.4, 0.5) is 5.13 Å². The number of piperazine rings is 1. The lowest BCUT2D eigenvalue weighted by molar-refractivity contribution is -0.118. The average Bonchev–Trinajstić information content (AvgIpc) is 3.20. The highest BCUT2D eigenvalue weighted by Crippen LogP contribution is 2.33. The molecule has 4 rings (SSSR count). The van der Waals surface area contributed by atoms with Crippen LogP contribution in [0.1, 0.15) is 0 Å². The third-order valence-electron chi connectivity index (χ3n) is 5.25. The Morgan fingerprint density at radius 2 is 1.78 bits per heavy atom. The number of thiazole rings is 1. The van der Waals surface area contributed by atoms with Crippen molar-refractivity contribution in [3.8, 4) is 0 Å². The molecule has 1 aromatic heterocycles. The quantitative estimate of drug-likeness (QED) is 0.522. The largest absolute Gasteiger partial charge is 0.354 e. The zero-order chi connectivity index (χ0) is 22.7. The molecule has 11 heteroatoms. The van der Waals surface area contributed by atoms with E-state index in [1.807, 2.05) is 18.2 Å². The fourth-order valence-corrected chi connectivity index (χ4v) is 6.11. The summed E-state index contributed by atoms with van der Waals surface area (Å²) in [6.07, 6.45) is 0. The van der Waals surface area contributed by atoms with E-state index in [1.54, 1.807) is 11.3 Å². The van der Waals surface area contributed by atoms with Crippen molar-refractivity contribution < 1.29 is 13.2 Å². The van der Waals surface area contributed by atoms with Gasteiger partial charge in [-0.25, -0.2) is 13.4 Å². The summed E-state index contributed by atoms with van der Waals surface area (Å²) >= 11 is 13.7. The van der Waals surface area contributed by atoms with Gasteiger partial charge in [0.1, 0.15) is 11.3 Å². The highest BCUT2D eigenvalue weighted by molar-refractivity contribution is 7.92. The molecule has 2 aromatic carbocycles. The summed E-state index contributed by atoms with van der Waals surface area (Å²) in [5, 5.41) is 4.79. The molecule has 0 bridgehead atoms. The third-order valence-corrected chi connectivity index (χ3v) is 8.52. The van der Waals surface area contributed by atoms with E-state index in [0.717, 1.165) is 41.5 Å². The first-order valence-corrected chi connectivity index (χ1v) is 13.3. The smallest absolute Gasteiger partial charge is 0.235 e. The first-order valence-electron chi connectivity index (χ1n) is 10.1. The van der Waals surface area contributed by atoms with Crippen LogP contribution in [0.2, 0.25) is 10.0 Å². The van der Waals surface area contributed by atoms with Crippen LogP contribution in [0.15, 0.2) is 47.4 Å². The Balaban J connectivity index is 1.22. The molecule has 32 heavy (non-hydrogen) atoms. The number of aromatic nitrogens is 1. The molecule has 170 valence electrons. The third kappa shape index (κ3) is 5.52. The van der Waals surface area contributed by atoms with E-state index in [9.17, 15) is 13.2 Å². The number of carbonyl (C=O) groups is 1. The van der Waals surface area contributed by atoms with Crippen LogP contribution in [0, 0.1) is 0 Å². The molecule has 1 aliphatic rings. The topological polar surface area (TPSA) is 82.6 Å². The normalized spacial score (nSPS) is 15.2. The number of nitrogens with zero attached hydrogens (tertiary/aromatic N) is 3. The zero-order valence-electron chi connectivity index (χ0n) is 17.1. The number of sulfone groups is 1. The minimum absolute atomic E-state index is 0.0873. The van der Waals surface area contributed by atoms with Gasteiger partial charge in [0.25, 0.3) is 0 Å². The van der Waals surface area contributed by atoms with Gasteiger partial charge < -0.3 is 10.2 Å². The molecule has 0 atom stereocenters. The summed E-state index contributed by atoms with van der Waals surface area (Å²) in [5.74, 6) is -1.09. The number of fused-ring (bicyclic) bond motifs is 1. The zero-order valence-corrected chi connectivity index (χ0v) is 20.3. The maximum Gasteiger partial charge on any atom is 0.235 e. The van der Waals surface area contributed by atoms with Crippen LogP contribution in [0.3, 0.4) is 0 Å². The van der Waals surface area contributed by atoms with Gasteiger partial charge in [0, 0.05) is 44.3 Å². The van der Waals surface area contributed by atoms with Crippen LogP contribution in [0.25, 0.3) is 10.2 Å². The van der Waals surface area contributed by atoms with E-state index >= 15 is 0 Å². The summed E-state index contributed by atoms with van der Waals surface area (Å²) in [6, 6.07) is 11.6. The maximum atomic E-state index is 12.3. The van der Waals surface area contributed by atoms with Crippen molar-refractivity contribution in [1.29, 1.82) is 0 Å². The van der Waals surface area contributed by atoms with E-state index < -0.39 is 21.5 Å². The Morgan fingerprint density at radius 1 is 1.06 bits per heavy atom. The number of benzene rings is 2. The molecular formula is C21H22Cl2N4O3S2. The van der Waals surface area contributed by atoms with Gasteiger partial charge in [0.05, 0.1) is 14.6 Å². The maximum absolute atomic E-state index is 12.3. The number of anilines is 1. The molecule has 0 radical (unpaired) electrons. The molecule has 1 saturated heterocycles. The Morgan fingerprint density at radius 3 is 2.47 bits per heavy atom. The predicted molar refractivity (Wildman–Crippen MR) is 130 cm³/mol. The van der Waals surface area contributed by atoms with Gasteiger partial charge in [-0.2, -0.15) is 0 Å². The van der Waals surface area contributed by atoms with Crippen LogP contribution < -0.4 is 10.2 Å². The number of hydrogen-bond donors (Lipinski definition) is 1. The molecule has 0 unspecified atom stereocenters. The van der Waals surface area contributed by atoms with Gasteiger partial charge >= 0.3 is 0 Å². The molecule has 0 saturated carbocycles. The molecule has 1 amide bonds. The second-order valence-corrected chi connectivity index (χ2v) is 11.3. The molecule has 1 N–H and O–H groups in total. The number of carbonyl (C=O) groups excluding carboxylic acids is 1. The second-order valence-electron chi connectivity index (χ2n) is 7.47. The lowest BCUT2D eigenvalue weighted by atomic mass is 10.3. The summed E-state index contributed by atoms with van der Waals surface area (Å²) in [4.78, 5) is 21.4. The van der Waals surface area contributed by atoms with Crippen LogP contribution >= 0.6 is 34.5 Å². The van der Waals surface area contributed by atoms with E-state index in [1.165, 1.54) is 24.3 Å². The Labute approximate surface area is 200 Å². The van der Waals surface area contributed by atoms with Gasteiger partial charge in [-0.1, -0.05) is 40.6 Å². The number of nitrogens with one attached hydrogen (secondary N) is 1. The van der Waals surface area contributed by atoms with Crippen molar-refractivity contribution in [3.63, 3.8) is 0 Å². The highest BCUT2D eigenvalue weighted by atomic mass is 35.5. The van der Waals surface area contributed by atoms with Crippen molar-refractivity contribution in [1.82, 2.24) is 15.2 Å². The van der Waals surface area contributed by atoms with Gasteiger partial charge in [-0.05, 0) is 36.4 Å². The number of halogens is 2. The lowest BCUT2D eigenvalue weighted by Gasteiger charge is -2.34. The molecule has 1 aliphatic heterocycles. The van der Waals surface area contributed by atoms with Gasteiger partial charge in [0.15, 0.2) is 15.0 Å². The lowest BCUT2D eigenvalue weighted by Crippen LogP contribution is -2.48. The van der Waals surface area contributed by atoms with Gasteiger partial charge in [-0.15, -0.1) is 0 Å². The van der Waals surface area contributed by atoms with Crippen LogP contribution in [-0.4, -0.2) is 69.2 Å². The molecule has 1 fully saturated rings. The standard InChI is InChI=1S/C21H22Cl2N4O3S2/c22-15-4-6-16(7-5-15)32(29,30)14-19(28)24-8-9-26-10-12-27(13-11-26)21-25-20-17(23)2-1-3-18(20)31-21/h1-7H,8-14H2,(H,24,28). The number of amides is 1. The molecule has 0 spiro atoms. The van der Waals surface area contributed by atoms with Crippen LogP contribution in [-0.2, 0) is 14.6 Å². The molecule has 0 aliphatic carbocycles. The first kappa shape index (κ1) is 23.3. The summed E-state index contributed by atoms with van der Waals surface area (Å²) in [5.41, 5.74) is 0.841. The Hall–Kier alpha value is -1.91. The van der Waals surface area contributed by atoms with E-state index in [4.69, 9.17) is 23.2 Å². The molecule has 3 aromatic rings. The number of rotatable bonds is 7. The second kappa shape index (κ2) is 9.93. The van der Waals surface area contributed by atoms with E-state index in [0.29, 0.717) is 23.1 Å². The highest BCUT2D eigenvalue weighted by Gasteiger charge is 2.22. The number of para-hydroxylation sites is 1. The van der Waals surface area contributed by atoms with Crippen molar-refractivity contribution in [2.24, 2.45) is 0 Å². The van der Waals surface area contributed by atoms with Crippen molar-refractivity contribution in [2.75, 3.05) is 49.9 Å². The average molecular weight is 513 g/mol. The van der Waals surface area contributed by atoms with E-state index in [-0.39, 0.29) is 4.90 Å². The fraction of sp³-hybridized carbons (Fsp3) is 0.333. The van der Waals surface area contributed by atoms with Crippen molar-refractivity contribution in [2.45, 2.75) is 4.90 Å².